The first-order valence-corrected chi connectivity index (χ1v) is 7.24. The van der Waals surface area contributed by atoms with Gasteiger partial charge in [0.25, 0.3) is 0 Å². The molecule has 0 aliphatic heterocycles. The predicted molar refractivity (Wildman–Crippen MR) is 72.7 cm³/mol. The number of nitrogens with one attached hydrogen (secondary N) is 1. The predicted octanol–water partition coefficient (Wildman–Crippen LogP) is 4.37. The third kappa shape index (κ3) is 5.89. The molecule has 1 rings (SSSR count). The van der Waals surface area contributed by atoms with Crippen molar-refractivity contribution in [3.63, 3.8) is 0 Å². The summed E-state index contributed by atoms with van der Waals surface area (Å²) in [5.74, 6) is 1.00. The molecule has 0 heterocycles. The molecule has 0 bridgehead atoms. The highest BCUT2D eigenvalue weighted by molar-refractivity contribution is 4.78. The Morgan fingerprint density at radius 1 is 1.12 bits per heavy atom. The normalized spacial score (nSPS) is 21.0. The zero-order valence-electron chi connectivity index (χ0n) is 11.8. The van der Waals surface area contributed by atoms with Crippen molar-refractivity contribution in [3.8, 4) is 0 Å². The third-order valence-electron chi connectivity index (χ3n) is 3.69. The molecular formula is C15H31N. The van der Waals surface area contributed by atoms with Crippen LogP contribution in [0.3, 0.4) is 0 Å². The fourth-order valence-corrected chi connectivity index (χ4v) is 3.09. The van der Waals surface area contributed by atoms with E-state index in [1.807, 2.05) is 0 Å². The third-order valence-corrected chi connectivity index (χ3v) is 3.69. The molecule has 0 aromatic carbocycles. The molecule has 1 N–H and O–H groups in total. The Morgan fingerprint density at radius 2 is 1.75 bits per heavy atom. The fourth-order valence-electron chi connectivity index (χ4n) is 3.09. The maximum atomic E-state index is 3.69. The molecule has 96 valence electrons. The van der Waals surface area contributed by atoms with Gasteiger partial charge >= 0.3 is 0 Å². The number of hydrogen-bond donors (Lipinski definition) is 1. The summed E-state index contributed by atoms with van der Waals surface area (Å²) >= 11 is 0. The van der Waals surface area contributed by atoms with Gasteiger partial charge in [-0.15, -0.1) is 0 Å². The maximum Gasteiger partial charge on any atom is 0.00745 e. The fraction of sp³-hybridized carbons (Fsp3) is 1.00. The molecule has 0 aromatic rings. The summed E-state index contributed by atoms with van der Waals surface area (Å²) in [7, 11) is 0. The van der Waals surface area contributed by atoms with Crippen molar-refractivity contribution in [2.24, 2.45) is 11.3 Å². The Balaban J connectivity index is 2.36. The van der Waals surface area contributed by atoms with E-state index >= 15 is 0 Å². The minimum absolute atomic E-state index is 0.460. The van der Waals surface area contributed by atoms with Crippen LogP contribution in [-0.4, -0.2) is 12.6 Å². The molecule has 1 saturated carbocycles. The SMILES string of the molecule is CCNC(CC1CCCCC1)CC(C)(C)C. The van der Waals surface area contributed by atoms with Gasteiger partial charge in [0.15, 0.2) is 0 Å². The van der Waals surface area contributed by atoms with Crippen LogP contribution in [0, 0.1) is 11.3 Å². The van der Waals surface area contributed by atoms with Crippen LogP contribution in [-0.2, 0) is 0 Å². The molecule has 1 atom stereocenters. The van der Waals surface area contributed by atoms with Crippen LogP contribution in [0.25, 0.3) is 0 Å². The smallest absolute Gasteiger partial charge is 0.00745 e. The van der Waals surface area contributed by atoms with E-state index in [2.05, 4.69) is 33.0 Å². The monoisotopic (exact) mass is 225 g/mol. The minimum Gasteiger partial charge on any atom is -0.314 e. The van der Waals surface area contributed by atoms with Crippen LogP contribution in [0.1, 0.15) is 72.6 Å². The first kappa shape index (κ1) is 14.0. The maximum absolute atomic E-state index is 3.69. The topological polar surface area (TPSA) is 12.0 Å². The zero-order valence-corrected chi connectivity index (χ0v) is 11.8. The summed E-state index contributed by atoms with van der Waals surface area (Å²) in [6.07, 6.45) is 10.1. The van der Waals surface area contributed by atoms with Crippen LogP contribution in [0.15, 0.2) is 0 Å². The van der Waals surface area contributed by atoms with Crippen molar-refractivity contribution in [2.45, 2.75) is 78.7 Å². The van der Waals surface area contributed by atoms with Gasteiger partial charge in [-0.2, -0.15) is 0 Å². The van der Waals surface area contributed by atoms with Crippen molar-refractivity contribution in [1.29, 1.82) is 0 Å². The van der Waals surface area contributed by atoms with Crippen molar-refractivity contribution in [1.82, 2.24) is 5.32 Å². The van der Waals surface area contributed by atoms with Crippen molar-refractivity contribution in [3.05, 3.63) is 0 Å². The standard InChI is InChI=1S/C15H31N/c1-5-16-14(12-15(2,3)4)11-13-9-7-6-8-10-13/h13-14,16H,5-12H2,1-4H3. The van der Waals surface area contributed by atoms with Crippen LogP contribution >= 0.6 is 0 Å². The Labute approximate surface area is 102 Å². The molecule has 0 radical (unpaired) electrons. The molecule has 16 heavy (non-hydrogen) atoms. The molecule has 1 aliphatic carbocycles. The molecule has 1 aliphatic rings. The minimum atomic E-state index is 0.460. The van der Waals surface area contributed by atoms with E-state index in [0.717, 1.165) is 18.5 Å². The van der Waals surface area contributed by atoms with Crippen molar-refractivity contribution >= 4 is 0 Å². The van der Waals surface area contributed by atoms with Gasteiger partial charge in [-0.25, -0.2) is 0 Å². The molecule has 1 nitrogen and oxygen atoms in total. The van der Waals surface area contributed by atoms with Crippen LogP contribution in [0.2, 0.25) is 0 Å². The van der Waals surface area contributed by atoms with Crippen LogP contribution in [0.4, 0.5) is 0 Å². The molecule has 0 aromatic heterocycles. The average Bonchev–Trinajstić information content (AvgIpc) is 2.17. The van der Waals surface area contributed by atoms with E-state index in [9.17, 15) is 0 Å². The van der Waals surface area contributed by atoms with Crippen molar-refractivity contribution < 1.29 is 0 Å². The van der Waals surface area contributed by atoms with Gasteiger partial charge in [0.2, 0.25) is 0 Å². The molecule has 1 unspecified atom stereocenters. The van der Waals surface area contributed by atoms with E-state index in [-0.39, 0.29) is 0 Å². The molecular weight excluding hydrogens is 194 g/mol. The Bertz CT molecular complexity index is 174. The van der Waals surface area contributed by atoms with E-state index < -0.39 is 0 Å². The first-order valence-electron chi connectivity index (χ1n) is 7.24. The largest absolute Gasteiger partial charge is 0.314 e. The van der Waals surface area contributed by atoms with Gasteiger partial charge in [-0.05, 0) is 30.7 Å². The summed E-state index contributed by atoms with van der Waals surface area (Å²) in [5, 5.41) is 3.69. The Morgan fingerprint density at radius 3 is 2.25 bits per heavy atom. The van der Waals surface area contributed by atoms with Gasteiger partial charge in [0.1, 0.15) is 0 Å². The molecule has 0 amide bonds. The first-order chi connectivity index (χ1) is 7.51. The van der Waals surface area contributed by atoms with E-state index in [4.69, 9.17) is 0 Å². The molecule has 0 spiro atoms. The van der Waals surface area contributed by atoms with E-state index in [1.54, 1.807) is 0 Å². The Kier molecular flexibility index (Phi) is 5.82. The summed E-state index contributed by atoms with van der Waals surface area (Å²) in [4.78, 5) is 0. The molecule has 1 heteroatoms. The highest BCUT2D eigenvalue weighted by Crippen LogP contribution is 2.30. The van der Waals surface area contributed by atoms with Gasteiger partial charge in [-0.3, -0.25) is 0 Å². The summed E-state index contributed by atoms with van der Waals surface area (Å²) in [5.41, 5.74) is 0.460. The van der Waals surface area contributed by atoms with Crippen molar-refractivity contribution in [2.75, 3.05) is 6.54 Å². The van der Waals surface area contributed by atoms with Gasteiger partial charge < -0.3 is 5.32 Å². The number of rotatable bonds is 5. The van der Waals surface area contributed by atoms with Crippen LogP contribution < -0.4 is 5.32 Å². The van der Waals surface area contributed by atoms with E-state index in [1.165, 1.54) is 44.9 Å². The quantitative estimate of drug-likeness (QED) is 0.732. The highest BCUT2D eigenvalue weighted by atomic mass is 14.9. The second-order valence-electron chi connectivity index (χ2n) is 6.76. The summed E-state index contributed by atoms with van der Waals surface area (Å²) in [6.45, 7) is 10.4. The van der Waals surface area contributed by atoms with Gasteiger partial charge in [0, 0.05) is 6.04 Å². The lowest BCUT2D eigenvalue weighted by Gasteiger charge is -2.31. The lowest BCUT2D eigenvalue weighted by molar-refractivity contribution is 0.245. The second kappa shape index (κ2) is 6.64. The molecule has 1 fully saturated rings. The summed E-state index contributed by atoms with van der Waals surface area (Å²) < 4.78 is 0. The summed E-state index contributed by atoms with van der Waals surface area (Å²) in [6, 6.07) is 0.744. The lowest BCUT2D eigenvalue weighted by atomic mass is 9.80. The number of hydrogen-bond acceptors (Lipinski definition) is 1. The molecule has 0 saturated heterocycles. The van der Waals surface area contributed by atoms with E-state index in [0.29, 0.717) is 5.41 Å². The average molecular weight is 225 g/mol. The van der Waals surface area contributed by atoms with Gasteiger partial charge in [0.05, 0.1) is 0 Å². The lowest BCUT2D eigenvalue weighted by Crippen LogP contribution is -2.35. The second-order valence-corrected chi connectivity index (χ2v) is 6.76. The van der Waals surface area contributed by atoms with Gasteiger partial charge in [-0.1, -0.05) is 59.8 Å². The highest BCUT2D eigenvalue weighted by Gasteiger charge is 2.22. The zero-order chi connectivity index (χ0) is 12.0. The van der Waals surface area contributed by atoms with Crippen LogP contribution in [0.5, 0.6) is 0 Å². The Hall–Kier alpha value is -0.0400.